The summed E-state index contributed by atoms with van der Waals surface area (Å²) in [6.07, 6.45) is 0. The predicted octanol–water partition coefficient (Wildman–Crippen LogP) is 1.40. The summed E-state index contributed by atoms with van der Waals surface area (Å²) < 4.78 is 26.2. The van der Waals surface area contributed by atoms with Crippen LogP contribution < -0.4 is 10.6 Å². The number of nitrogens with one attached hydrogen (secondary N) is 2. The molecule has 1 saturated heterocycles. The molecule has 1 fully saturated rings. The van der Waals surface area contributed by atoms with Gasteiger partial charge in [-0.3, -0.25) is 4.99 Å². The molecular formula is C15H26N4O2S3. The van der Waals surface area contributed by atoms with Crippen LogP contribution >= 0.6 is 23.1 Å². The molecule has 136 valence electrons. The van der Waals surface area contributed by atoms with E-state index in [2.05, 4.69) is 39.4 Å². The molecule has 1 atom stereocenters. The van der Waals surface area contributed by atoms with Crippen molar-refractivity contribution in [3.8, 4) is 0 Å². The van der Waals surface area contributed by atoms with E-state index < -0.39 is 10.0 Å². The van der Waals surface area contributed by atoms with Gasteiger partial charge in [0.2, 0.25) is 10.0 Å². The first-order chi connectivity index (χ1) is 11.5. The lowest BCUT2D eigenvalue weighted by atomic mass is 10.1. The quantitative estimate of drug-likeness (QED) is 0.544. The summed E-state index contributed by atoms with van der Waals surface area (Å²) >= 11 is 3.50. The van der Waals surface area contributed by atoms with E-state index in [-0.39, 0.29) is 5.75 Å². The Morgan fingerprint density at radius 1 is 1.38 bits per heavy atom. The first-order valence-corrected chi connectivity index (χ1v) is 11.8. The smallest absolute Gasteiger partial charge is 0.215 e. The number of guanidine groups is 1. The summed E-state index contributed by atoms with van der Waals surface area (Å²) in [5, 5.41) is 10.6. The van der Waals surface area contributed by atoms with E-state index >= 15 is 0 Å². The van der Waals surface area contributed by atoms with Gasteiger partial charge in [-0.15, -0.1) is 0 Å². The summed E-state index contributed by atoms with van der Waals surface area (Å²) in [6.45, 7) is 4.52. The number of nitrogens with zero attached hydrogens (tertiary/aromatic N) is 2. The normalized spacial score (nSPS) is 18.3. The van der Waals surface area contributed by atoms with Crippen molar-refractivity contribution in [3.63, 3.8) is 0 Å². The molecule has 1 aromatic heterocycles. The number of sulfonamides is 1. The highest BCUT2D eigenvalue weighted by molar-refractivity contribution is 7.99. The Morgan fingerprint density at radius 3 is 2.75 bits per heavy atom. The molecule has 0 spiro atoms. The third-order valence-corrected chi connectivity index (χ3v) is 7.44. The fourth-order valence-corrected chi connectivity index (χ4v) is 5.67. The van der Waals surface area contributed by atoms with E-state index in [9.17, 15) is 8.42 Å². The van der Waals surface area contributed by atoms with E-state index in [0.29, 0.717) is 31.5 Å². The molecule has 1 aliphatic heterocycles. The van der Waals surface area contributed by atoms with Crippen molar-refractivity contribution in [2.45, 2.75) is 12.8 Å². The highest BCUT2D eigenvalue weighted by Gasteiger charge is 2.23. The third kappa shape index (κ3) is 5.94. The van der Waals surface area contributed by atoms with Gasteiger partial charge in [-0.05, 0) is 28.3 Å². The van der Waals surface area contributed by atoms with Gasteiger partial charge in [0.1, 0.15) is 0 Å². The van der Waals surface area contributed by atoms with Gasteiger partial charge in [0.25, 0.3) is 0 Å². The number of thiophene rings is 1. The van der Waals surface area contributed by atoms with E-state index in [0.717, 1.165) is 18.1 Å². The van der Waals surface area contributed by atoms with Crippen molar-refractivity contribution in [2.24, 2.45) is 4.99 Å². The number of rotatable bonds is 7. The van der Waals surface area contributed by atoms with Crippen LogP contribution in [0.5, 0.6) is 0 Å². The van der Waals surface area contributed by atoms with Gasteiger partial charge in [0.05, 0.1) is 5.75 Å². The second kappa shape index (κ2) is 9.65. The highest BCUT2D eigenvalue weighted by atomic mass is 32.2. The molecule has 0 bridgehead atoms. The lowest BCUT2D eigenvalue weighted by Crippen LogP contribution is -2.44. The molecule has 0 aromatic carbocycles. The molecule has 24 heavy (non-hydrogen) atoms. The lowest BCUT2D eigenvalue weighted by molar-refractivity contribution is 0.443. The summed E-state index contributed by atoms with van der Waals surface area (Å²) in [5.74, 6) is 2.89. The molecule has 1 aromatic rings. The Kier molecular flexibility index (Phi) is 7.86. The number of hydrogen-bond donors (Lipinski definition) is 2. The Bertz CT molecular complexity index is 611. The number of thioether (sulfide) groups is 1. The van der Waals surface area contributed by atoms with Crippen LogP contribution in [0.2, 0.25) is 0 Å². The maximum atomic E-state index is 12.3. The minimum absolute atomic E-state index is 0.0957. The molecule has 1 unspecified atom stereocenters. The average molecular weight is 391 g/mol. The van der Waals surface area contributed by atoms with Crippen molar-refractivity contribution >= 4 is 39.1 Å². The van der Waals surface area contributed by atoms with Crippen LogP contribution in [-0.2, 0) is 10.0 Å². The SMILES string of the molecule is CN=C(NCCS(=O)(=O)N1CCSCC1)NCC(C)c1ccsc1. The standard InChI is InChI=1S/C15H26N4O2S3/c1-13(14-3-7-23-12-14)11-18-15(16-2)17-4-10-24(20,21)19-5-8-22-9-6-19/h3,7,12-13H,4-6,8-11H2,1-2H3,(H2,16,17,18). The predicted molar refractivity (Wildman–Crippen MR) is 105 cm³/mol. The Hall–Kier alpha value is -0.770. The van der Waals surface area contributed by atoms with Gasteiger partial charge in [-0.2, -0.15) is 23.1 Å². The van der Waals surface area contributed by atoms with Gasteiger partial charge < -0.3 is 10.6 Å². The zero-order chi connectivity index (χ0) is 17.4. The Morgan fingerprint density at radius 2 is 2.12 bits per heavy atom. The summed E-state index contributed by atoms with van der Waals surface area (Å²) in [5.41, 5.74) is 1.30. The molecular weight excluding hydrogens is 364 g/mol. The Labute approximate surface area is 153 Å². The molecule has 0 radical (unpaired) electrons. The highest BCUT2D eigenvalue weighted by Crippen LogP contribution is 2.17. The molecule has 6 nitrogen and oxygen atoms in total. The number of aliphatic imine (C=N–C) groups is 1. The van der Waals surface area contributed by atoms with Crippen LogP contribution in [0.4, 0.5) is 0 Å². The molecule has 2 N–H and O–H groups in total. The monoisotopic (exact) mass is 390 g/mol. The van der Waals surface area contributed by atoms with Crippen LogP contribution in [0.25, 0.3) is 0 Å². The van der Waals surface area contributed by atoms with E-state index in [1.807, 2.05) is 0 Å². The van der Waals surface area contributed by atoms with E-state index in [1.165, 1.54) is 5.56 Å². The second-order valence-electron chi connectivity index (χ2n) is 5.67. The summed E-state index contributed by atoms with van der Waals surface area (Å²) in [6, 6.07) is 2.12. The molecule has 0 aliphatic carbocycles. The maximum absolute atomic E-state index is 12.3. The van der Waals surface area contributed by atoms with Crippen molar-refractivity contribution < 1.29 is 8.42 Å². The van der Waals surface area contributed by atoms with Crippen molar-refractivity contribution in [1.82, 2.24) is 14.9 Å². The first-order valence-electron chi connectivity index (χ1n) is 8.05. The van der Waals surface area contributed by atoms with Crippen molar-refractivity contribution in [3.05, 3.63) is 22.4 Å². The van der Waals surface area contributed by atoms with Crippen LogP contribution in [-0.4, -0.2) is 69.2 Å². The molecule has 2 rings (SSSR count). The van der Waals surface area contributed by atoms with Gasteiger partial charge in [-0.1, -0.05) is 6.92 Å². The summed E-state index contributed by atoms with van der Waals surface area (Å²) in [7, 11) is -1.48. The van der Waals surface area contributed by atoms with Gasteiger partial charge in [0, 0.05) is 44.7 Å². The first kappa shape index (κ1) is 19.6. The largest absolute Gasteiger partial charge is 0.356 e. The van der Waals surface area contributed by atoms with Crippen LogP contribution in [0.15, 0.2) is 21.8 Å². The van der Waals surface area contributed by atoms with Crippen LogP contribution in [0.3, 0.4) is 0 Å². The number of hydrogen-bond acceptors (Lipinski definition) is 5. The Balaban J connectivity index is 1.73. The fourth-order valence-electron chi connectivity index (χ4n) is 2.40. The minimum Gasteiger partial charge on any atom is -0.356 e. The van der Waals surface area contributed by atoms with Crippen molar-refractivity contribution in [1.29, 1.82) is 0 Å². The third-order valence-electron chi connectivity index (χ3n) is 3.93. The van der Waals surface area contributed by atoms with E-state index in [1.54, 1.807) is 34.5 Å². The van der Waals surface area contributed by atoms with E-state index in [4.69, 9.17) is 0 Å². The molecule has 0 saturated carbocycles. The van der Waals surface area contributed by atoms with Crippen LogP contribution in [0, 0.1) is 0 Å². The summed E-state index contributed by atoms with van der Waals surface area (Å²) in [4.78, 5) is 4.16. The zero-order valence-corrected chi connectivity index (χ0v) is 16.6. The average Bonchev–Trinajstić information content (AvgIpc) is 3.13. The van der Waals surface area contributed by atoms with Gasteiger partial charge in [0.15, 0.2) is 5.96 Å². The van der Waals surface area contributed by atoms with Crippen molar-refractivity contribution in [2.75, 3.05) is 50.5 Å². The molecule has 9 heteroatoms. The maximum Gasteiger partial charge on any atom is 0.215 e. The van der Waals surface area contributed by atoms with Gasteiger partial charge >= 0.3 is 0 Å². The topological polar surface area (TPSA) is 73.8 Å². The molecule has 0 amide bonds. The molecule has 2 heterocycles. The van der Waals surface area contributed by atoms with Crippen LogP contribution in [0.1, 0.15) is 18.4 Å². The zero-order valence-electron chi connectivity index (χ0n) is 14.2. The lowest BCUT2D eigenvalue weighted by Gasteiger charge is -2.25. The fraction of sp³-hybridized carbons (Fsp3) is 0.667. The molecule has 1 aliphatic rings. The second-order valence-corrected chi connectivity index (χ2v) is 9.76. The van der Waals surface area contributed by atoms with Gasteiger partial charge in [-0.25, -0.2) is 12.7 Å². The minimum atomic E-state index is -3.18.